The minimum atomic E-state index is -0.697. The Labute approximate surface area is 253 Å². The van der Waals surface area contributed by atoms with Gasteiger partial charge in [0.1, 0.15) is 11.8 Å². The molecule has 0 bridgehead atoms. The third kappa shape index (κ3) is 8.83. The molecule has 3 heterocycles. The number of piperidine rings is 1. The number of carbonyl (C=O) groups is 2. The van der Waals surface area contributed by atoms with Crippen LogP contribution < -0.4 is 18.9 Å². The lowest BCUT2D eigenvalue weighted by molar-refractivity contribution is -0.150. The Balaban J connectivity index is 1.31. The van der Waals surface area contributed by atoms with Gasteiger partial charge < -0.3 is 23.7 Å². The number of carbonyl (C=O) groups excluding carboxylic acids is 2. The van der Waals surface area contributed by atoms with Crippen LogP contribution in [0.5, 0.6) is 23.0 Å². The van der Waals surface area contributed by atoms with Crippen molar-refractivity contribution in [3.05, 3.63) is 72.3 Å². The number of nitrogens with zero attached hydrogens (tertiary/aromatic N) is 3. The second-order valence-corrected chi connectivity index (χ2v) is 10.5. The second-order valence-electron chi connectivity index (χ2n) is 10.5. The molecule has 1 amide bonds. The third-order valence-electron chi connectivity index (χ3n) is 7.69. The second kappa shape index (κ2) is 16.3. The highest BCUT2D eigenvalue weighted by atomic mass is 16.6. The van der Waals surface area contributed by atoms with Crippen molar-refractivity contribution in [2.75, 3.05) is 34.5 Å². The summed E-state index contributed by atoms with van der Waals surface area (Å²) in [5.74, 6) is 1.24. The number of pyridine rings is 2. The van der Waals surface area contributed by atoms with Crippen molar-refractivity contribution in [2.24, 2.45) is 0 Å². The highest BCUT2D eigenvalue weighted by molar-refractivity contribution is 5.82. The maximum Gasteiger partial charge on any atom is 0.415 e. The molecule has 0 spiro atoms. The Hall–Kier alpha value is -4.34. The number of ether oxygens (including phenoxy) is 5. The molecule has 0 saturated carbocycles. The van der Waals surface area contributed by atoms with Crippen molar-refractivity contribution in [2.45, 2.75) is 63.3 Å². The molecule has 2 aromatic heterocycles. The first-order chi connectivity index (χ1) is 21.0. The molecule has 3 aromatic rings. The highest BCUT2D eigenvalue weighted by Crippen LogP contribution is 2.41. The molecule has 10 heteroatoms. The van der Waals surface area contributed by atoms with Gasteiger partial charge in [0.15, 0.2) is 11.5 Å². The summed E-state index contributed by atoms with van der Waals surface area (Å²) in [4.78, 5) is 36.3. The monoisotopic (exact) mass is 591 g/mol. The first-order valence-corrected chi connectivity index (χ1v) is 14.8. The van der Waals surface area contributed by atoms with Crippen molar-refractivity contribution < 1.29 is 33.3 Å². The predicted molar refractivity (Wildman–Crippen MR) is 161 cm³/mol. The number of esters is 1. The number of hydrogen-bond acceptors (Lipinski definition) is 9. The summed E-state index contributed by atoms with van der Waals surface area (Å²) < 4.78 is 27.4. The summed E-state index contributed by atoms with van der Waals surface area (Å²) in [5.41, 5.74) is 2.41. The molecule has 10 nitrogen and oxygen atoms in total. The third-order valence-corrected chi connectivity index (χ3v) is 7.69. The van der Waals surface area contributed by atoms with Gasteiger partial charge in [0, 0.05) is 43.5 Å². The van der Waals surface area contributed by atoms with E-state index in [0.29, 0.717) is 42.6 Å². The van der Waals surface area contributed by atoms with Crippen LogP contribution in [0.15, 0.2) is 61.2 Å². The van der Waals surface area contributed by atoms with Gasteiger partial charge in [0.25, 0.3) is 0 Å². The Kier molecular flexibility index (Phi) is 12.0. The van der Waals surface area contributed by atoms with E-state index in [9.17, 15) is 9.59 Å². The SMILES string of the molecule is COc1cc(OC(=O)N2CCCC[C@H]2C(=O)OCCCC(CCCc2cccnc2)c2cccnc2)cc(OC)c1OC. The van der Waals surface area contributed by atoms with Crippen molar-refractivity contribution in [1.82, 2.24) is 14.9 Å². The molecular formula is C33H41N3O7. The van der Waals surface area contributed by atoms with Gasteiger partial charge in [-0.15, -0.1) is 0 Å². The summed E-state index contributed by atoms with van der Waals surface area (Å²) in [6.07, 6.45) is 13.5. The fourth-order valence-electron chi connectivity index (χ4n) is 5.46. The summed E-state index contributed by atoms with van der Waals surface area (Å²) in [6.45, 7) is 0.688. The number of rotatable bonds is 14. The van der Waals surface area contributed by atoms with Crippen molar-refractivity contribution >= 4 is 12.1 Å². The minimum Gasteiger partial charge on any atom is -0.493 e. The van der Waals surface area contributed by atoms with Crippen LogP contribution in [0.3, 0.4) is 0 Å². The lowest BCUT2D eigenvalue weighted by atomic mass is 9.90. The topological polar surface area (TPSA) is 109 Å². The summed E-state index contributed by atoms with van der Waals surface area (Å²) >= 11 is 0. The molecule has 1 aromatic carbocycles. The molecule has 0 radical (unpaired) electrons. The van der Waals surface area contributed by atoms with E-state index in [1.807, 2.05) is 24.5 Å². The van der Waals surface area contributed by atoms with Crippen molar-refractivity contribution in [1.29, 1.82) is 0 Å². The zero-order valence-corrected chi connectivity index (χ0v) is 25.2. The number of aryl methyl sites for hydroxylation is 1. The van der Waals surface area contributed by atoms with Crippen molar-refractivity contribution in [3.63, 3.8) is 0 Å². The van der Waals surface area contributed by atoms with E-state index >= 15 is 0 Å². The normalized spacial score (nSPS) is 15.3. The van der Waals surface area contributed by atoms with Crippen LogP contribution in [0.1, 0.15) is 62.0 Å². The predicted octanol–water partition coefficient (Wildman–Crippen LogP) is 5.99. The average molecular weight is 592 g/mol. The number of amides is 1. The van der Waals surface area contributed by atoms with E-state index < -0.39 is 18.1 Å². The van der Waals surface area contributed by atoms with Gasteiger partial charge in [0.05, 0.1) is 27.9 Å². The maximum absolute atomic E-state index is 13.2. The van der Waals surface area contributed by atoms with E-state index in [1.165, 1.54) is 37.4 Å². The summed E-state index contributed by atoms with van der Waals surface area (Å²) in [7, 11) is 4.47. The molecule has 4 rings (SSSR count). The van der Waals surface area contributed by atoms with Crippen LogP contribution in [0, 0.1) is 0 Å². The van der Waals surface area contributed by atoms with E-state index in [-0.39, 0.29) is 12.4 Å². The van der Waals surface area contributed by atoms with Gasteiger partial charge in [-0.25, -0.2) is 9.59 Å². The standard InChI is InChI=1S/C33H41N3O7/c1-39-29-20-27(21-30(40-2)31(29)41-3)43-33(38)36-18-5-4-15-28(36)32(37)42-19-9-14-25(26-13-8-17-35-23-26)12-6-10-24-11-7-16-34-22-24/h7-8,11,13,16-17,20-23,25,28H,4-6,9-10,12,14-15,18-19H2,1-3H3/t25?,28-/m0/s1. The number of likely N-dealkylation sites (tertiary alicyclic amines) is 1. The van der Waals surface area contributed by atoms with Crippen LogP contribution in [0.4, 0.5) is 4.79 Å². The number of methoxy groups -OCH3 is 3. The molecule has 0 N–H and O–H groups in total. The largest absolute Gasteiger partial charge is 0.493 e. The molecule has 43 heavy (non-hydrogen) atoms. The molecule has 0 aliphatic carbocycles. The molecular weight excluding hydrogens is 550 g/mol. The average Bonchev–Trinajstić information content (AvgIpc) is 3.06. The molecule has 1 saturated heterocycles. The Morgan fingerprint density at radius 1 is 0.930 bits per heavy atom. The highest BCUT2D eigenvalue weighted by Gasteiger charge is 2.35. The lowest BCUT2D eigenvalue weighted by Crippen LogP contribution is -2.49. The smallest absolute Gasteiger partial charge is 0.415 e. The van der Waals surface area contributed by atoms with Gasteiger partial charge in [0.2, 0.25) is 5.75 Å². The maximum atomic E-state index is 13.2. The summed E-state index contributed by atoms with van der Waals surface area (Å²) in [5, 5.41) is 0. The molecule has 1 aliphatic heterocycles. The zero-order chi connectivity index (χ0) is 30.4. The number of aromatic nitrogens is 2. The summed E-state index contributed by atoms with van der Waals surface area (Å²) in [6, 6.07) is 10.5. The van der Waals surface area contributed by atoms with Gasteiger partial charge in [-0.2, -0.15) is 0 Å². The van der Waals surface area contributed by atoms with E-state index in [0.717, 1.165) is 38.5 Å². The fourth-order valence-corrected chi connectivity index (χ4v) is 5.46. The van der Waals surface area contributed by atoms with Gasteiger partial charge in [-0.05, 0) is 80.5 Å². The van der Waals surface area contributed by atoms with E-state index in [4.69, 9.17) is 23.7 Å². The quantitative estimate of drug-likeness (QED) is 0.165. The lowest BCUT2D eigenvalue weighted by Gasteiger charge is -2.33. The molecule has 1 aliphatic rings. The number of hydrogen-bond donors (Lipinski definition) is 0. The van der Waals surface area contributed by atoms with Gasteiger partial charge >= 0.3 is 12.1 Å². The van der Waals surface area contributed by atoms with Gasteiger partial charge in [-0.3, -0.25) is 14.9 Å². The fraction of sp³-hybridized carbons (Fsp3) is 0.455. The van der Waals surface area contributed by atoms with Crippen LogP contribution in [0.2, 0.25) is 0 Å². The van der Waals surface area contributed by atoms with Gasteiger partial charge in [-0.1, -0.05) is 12.1 Å². The number of benzene rings is 1. The molecule has 2 atom stereocenters. The van der Waals surface area contributed by atoms with Crippen molar-refractivity contribution in [3.8, 4) is 23.0 Å². The van der Waals surface area contributed by atoms with Crippen LogP contribution >= 0.6 is 0 Å². The Morgan fingerprint density at radius 2 is 1.65 bits per heavy atom. The first-order valence-electron chi connectivity index (χ1n) is 14.8. The van der Waals surface area contributed by atoms with Crippen LogP contribution in [-0.4, -0.2) is 67.5 Å². The molecule has 230 valence electrons. The van der Waals surface area contributed by atoms with Crippen LogP contribution in [-0.2, 0) is 16.0 Å². The van der Waals surface area contributed by atoms with E-state index in [2.05, 4.69) is 22.1 Å². The van der Waals surface area contributed by atoms with Crippen LogP contribution in [0.25, 0.3) is 0 Å². The minimum absolute atomic E-state index is 0.224. The molecule has 1 fully saturated rings. The molecule has 1 unspecified atom stereocenters. The zero-order valence-electron chi connectivity index (χ0n) is 25.2. The Morgan fingerprint density at radius 3 is 2.30 bits per heavy atom. The first kappa shape index (κ1) is 31.6. The van der Waals surface area contributed by atoms with E-state index in [1.54, 1.807) is 24.5 Å². The Bertz CT molecular complexity index is 1280.